The van der Waals surface area contributed by atoms with Gasteiger partial charge in [-0.3, -0.25) is 4.90 Å². The summed E-state index contributed by atoms with van der Waals surface area (Å²) in [5.41, 5.74) is 3.57. The first-order valence-electron chi connectivity index (χ1n) is 11.0. The molecule has 0 saturated carbocycles. The van der Waals surface area contributed by atoms with Crippen LogP contribution in [0.15, 0.2) is 53.1 Å². The van der Waals surface area contributed by atoms with Gasteiger partial charge in [-0.05, 0) is 44.0 Å². The molecule has 32 heavy (non-hydrogen) atoms. The zero-order valence-electron chi connectivity index (χ0n) is 18.8. The third kappa shape index (κ3) is 5.50. The van der Waals surface area contributed by atoms with Crippen molar-refractivity contribution in [2.24, 2.45) is 0 Å². The van der Waals surface area contributed by atoms with E-state index in [1.807, 2.05) is 42.5 Å². The maximum absolute atomic E-state index is 12.3. The molecule has 0 radical (unpaired) electrons. The number of aromatic nitrogens is 1. The number of halogens is 1. The molecule has 2 N–H and O–H groups in total. The van der Waals surface area contributed by atoms with E-state index >= 15 is 0 Å². The van der Waals surface area contributed by atoms with E-state index in [9.17, 15) is 9.90 Å². The van der Waals surface area contributed by atoms with Crippen molar-refractivity contribution in [2.45, 2.75) is 52.6 Å². The molecule has 3 aromatic rings. The predicted octanol–water partition coefficient (Wildman–Crippen LogP) is 6.83. The average Bonchev–Trinajstić information content (AvgIpc) is 3.15. The Morgan fingerprint density at radius 2 is 1.91 bits per heavy atom. The highest BCUT2D eigenvalue weighted by atomic mass is 35.5. The number of hydrogen-bond donors (Lipinski definition) is 2. The first-order chi connectivity index (χ1) is 15.4. The molecule has 0 aliphatic carbocycles. The number of unbranched alkanes of at least 4 members (excludes halogenated alkanes) is 2. The zero-order valence-corrected chi connectivity index (χ0v) is 19.5. The molecule has 6 nitrogen and oxygen atoms in total. The number of carbonyl (C=O) groups is 1. The summed E-state index contributed by atoms with van der Waals surface area (Å²) in [5.74, 6) is 0.422. The largest absolute Gasteiger partial charge is 0.465 e. The van der Waals surface area contributed by atoms with Crippen molar-refractivity contribution in [3.8, 4) is 11.3 Å². The Morgan fingerprint density at radius 3 is 2.56 bits per heavy atom. The number of rotatable bonds is 10. The van der Waals surface area contributed by atoms with Crippen LogP contribution in [0.25, 0.3) is 11.3 Å². The number of anilines is 1. The fraction of sp³-hybridized carbons (Fsp3) is 0.360. The SMILES string of the molecule is CCCCCNCc1ccc(-c2onc(C)c2N(C(=O)O)C(C)c2ccccc2Cl)cc1. The fourth-order valence-corrected chi connectivity index (χ4v) is 4.05. The van der Waals surface area contributed by atoms with Crippen LogP contribution in [0.4, 0.5) is 10.5 Å². The van der Waals surface area contributed by atoms with E-state index in [2.05, 4.69) is 17.4 Å². The molecule has 1 amide bonds. The van der Waals surface area contributed by atoms with E-state index in [1.54, 1.807) is 19.9 Å². The van der Waals surface area contributed by atoms with Crippen LogP contribution in [0.3, 0.4) is 0 Å². The third-order valence-electron chi connectivity index (χ3n) is 5.52. The standard InChI is InChI=1S/C25H30ClN3O3/c1-4-5-8-15-27-16-19-11-13-20(14-12-19)24-23(17(2)28-32-24)29(25(30)31)18(3)21-9-6-7-10-22(21)26/h6-7,9-14,18,27H,4-5,8,15-16H2,1-3H3,(H,30,31). The molecule has 0 fully saturated rings. The lowest BCUT2D eigenvalue weighted by Crippen LogP contribution is -2.33. The lowest BCUT2D eigenvalue weighted by atomic mass is 10.0. The van der Waals surface area contributed by atoms with Gasteiger partial charge in [0, 0.05) is 17.1 Å². The Bertz CT molecular complexity index is 1030. The molecule has 170 valence electrons. The molecule has 0 spiro atoms. The van der Waals surface area contributed by atoms with Gasteiger partial charge in [-0.25, -0.2) is 4.79 Å². The first kappa shape index (κ1) is 23.8. The van der Waals surface area contributed by atoms with Crippen LogP contribution in [0, 0.1) is 6.92 Å². The summed E-state index contributed by atoms with van der Waals surface area (Å²) in [5, 5.41) is 18.1. The topological polar surface area (TPSA) is 78.6 Å². The van der Waals surface area contributed by atoms with Gasteiger partial charge in [-0.2, -0.15) is 0 Å². The van der Waals surface area contributed by atoms with Crippen molar-refractivity contribution < 1.29 is 14.4 Å². The number of nitrogens with one attached hydrogen (secondary N) is 1. The molecule has 1 unspecified atom stereocenters. The van der Waals surface area contributed by atoms with Gasteiger partial charge in [-0.15, -0.1) is 0 Å². The molecule has 3 rings (SSSR count). The van der Waals surface area contributed by atoms with E-state index < -0.39 is 12.1 Å². The van der Waals surface area contributed by atoms with E-state index in [-0.39, 0.29) is 0 Å². The number of aryl methyl sites for hydroxylation is 1. The van der Waals surface area contributed by atoms with Crippen LogP contribution < -0.4 is 10.2 Å². The minimum atomic E-state index is -1.10. The highest BCUT2D eigenvalue weighted by Crippen LogP contribution is 2.39. The van der Waals surface area contributed by atoms with Gasteiger partial charge in [0.1, 0.15) is 11.4 Å². The first-order valence-corrected chi connectivity index (χ1v) is 11.3. The van der Waals surface area contributed by atoms with E-state index in [1.165, 1.54) is 24.2 Å². The molecule has 0 aliphatic heterocycles. The molecule has 0 aliphatic rings. The molecule has 0 saturated heterocycles. The summed E-state index contributed by atoms with van der Waals surface area (Å²) >= 11 is 6.35. The maximum atomic E-state index is 12.3. The van der Waals surface area contributed by atoms with Crippen LogP contribution in [-0.4, -0.2) is 22.9 Å². The van der Waals surface area contributed by atoms with Crippen LogP contribution in [-0.2, 0) is 6.54 Å². The number of benzene rings is 2. The van der Waals surface area contributed by atoms with Gasteiger partial charge in [0.15, 0.2) is 5.76 Å². The summed E-state index contributed by atoms with van der Waals surface area (Å²) in [4.78, 5) is 13.6. The van der Waals surface area contributed by atoms with Gasteiger partial charge in [0.2, 0.25) is 0 Å². The Morgan fingerprint density at radius 1 is 1.19 bits per heavy atom. The monoisotopic (exact) mass is 455 g/mol. The normalized spacial score (nSPS) is 12.0. The lowest BCUT2D eigenvalue weighted by Gasteiger charge is -2.27. The van der Waals surface area contributed by atoms with Crippen molar-refractivity contribution in [3.63, 3.8) is 0 Å². The van der Waals surface area contributed by atoms with E-state index in [0.29, 0.717) is 27.7 Å². The number of hydrogen-bond acceptors (Lipinski definition) is 4. The molecular formula is C25H30ClN3O3. The second-order valence-electron chi connectivity index (χ2n) is 7.88. The quantitative estimate of drug-likeness (QED) is 0.327. The molecule has 2 aromatic carbocycles. The molecule has 7 heteroatoms. The summed E-state index contributed by atoms with van der Waals surface area (Å²) in [6.07, 6.45) is 2.51. The third-order valence-corrected chi connectivity index (χ3v) is 5.87. The van der Waals surface area contributed by atoms with Crippen molar-refractivity contribution in [1.29, 1.82) is 0 Å². The second-order valence-corrected chi connectivity index (χ2v) is 8.28. The van der Waals surface area contributed by atoms with Gasteiger partial charge in [-0.1, -0.05) is 79.0 Å². The van der Waals surface area contributed by atoms with Crippen LogP contribution in [0.2, 0.25) is 5.02 Å². The van der Waals surface area contributed by atoms with Crippen molar-refractivity contribution >= 4 is 23.4 Å². The highest BCUT2D eigenvalue weighted by molar-refractivity contribution is 6.31. The smallest absolute Gasteiger partial charge is 0.412 e. The summed E-state index contributed by atoms with van der Waals surface area (Å²) in [6, 6.07) is 14.6. The lowest BCUT2D eigenvalue weighted by molar-refractivity contribution is 0.199. The highest BCUT2D eigenvalue weighted by Gasteiger charge is 2.31. The molecule has 0 bridgehead atoms. The summed E-state index contributed by atoms with van der Waals surface area (Å²) in [6.45, 7) is 7.52. The Labute approximate surface area is 194 Å². The minimum absolute atomic E-state index is 0.422. The maximum Gasteiger partial charge on any atom is 0.412 e. The molecular weight excluding hydrogens is 426 g/mol. The van der Waals surface area contributed by atoms with Gasteiger partial charge in [0.25, 0.3) is 0 Å². The number of carboxylic acid groups (broad SMARTS) is 1. The van der Waals surface area contributed by atoms with Crippen LogP contribution in [0.1, 0.15) is 56.0 Å². The van der Waals surface area contributed by atoms with Crippen molar-refractivity contribution in [2.75, 3.05) is 11.4 Å². The molecule has 1 aromatic heterocycles. The average molecular weight is 456 g/mol. The number of amides is 1. The Balaban J connectivity index is 1.86. The van der Waals surface area contributed by atoms with Gasteiger partial charge < -0.3 is 14.9 Å². The predicted molar refractivity (Wildman–Crippen MR) is 128 cm³/mol. The molecule has 1 atom stereocenters. The van der Waals surface area contributed by atoms with E-state index in [0.717, 1.165) is 24.2 Å². The van der Waals surface area contributed by atoms with Crippen LogP contribution in [0.5, 0.6) is 0 Å². The van der Waals surface area contributed by atoms with Crippen molar-refractivity contribution in [1.82, 2.24) is 10.5 Å². The zero-order chi connectivity index (χ0) is 23.1. The minimum Gasteiger partial charge on any atom is -0.465 e. The summed E-state index contributed by atoms with van der Waals surface area (Å²) < 4.78 is 5.59. The Hall–Kier alpha value is -2.83. The second kappa shape index (κ2) is 11.2. The van der Waals surface area contributed by atoms with E-state index in [4.69, 9.17) is 16.1 Å². The number of nitrogens with zero attached hydrogens (tertiary/aromatic N) is 2. The van der Waals surface area contributed by atoms with Gasteiger partial charge in [0.05, 0.1) is 6.04 Å². The molecule has 1 heterocycles. The Kier molecular flexibility index (Phi) is 8.31. The van der Waals surface area contributed by atoms with Crippen LogP contribution >= 0.6 is 11.6 Å². The van der Waals surface area contributed by atoms with Gasteiger partial charge >= 0.3 is 6.09 Å². The fourth-order valence-electron chi connectivity index (χ4n) is 3.75. The summed E-state index contributed by atoms with van der Waals surface area (Å²) in [7, 11) is 0. The van der Waals surface area contributed by atoms with Crippen molar-refractivity contribution in [3.05, 3.63) is 70.4 Å².